The lowest BCUT2D eigenvalue weighted by Crippen LogP contribution is -2.40. The number of likely N-dealkylation sites (N-methyl/N-ethyl adjacent to an activating group) is 1. The molecule has 1 aromatic carbocycles. The number of nitrogens with one attached hydrogen (secondary N) is 1. The van der Waals surface area contributed by atoms with Gasteiger partial charge in [0.15, 0.2) is 0 Å². The van der Waals surface area contributed by atoms with Crippen LogP contribution in [0.3, 0.4) is 0 Å². The van der Waals surface area contributed by atoms with Gasteiger partial charge in [-0.15, -0.1) is 0 Å². The van der Waals surface area contributed by atoms with Crippen LogP contribution in [0.2, 0.25) is 0 Å². The minimum absolute atomic E-state index is 0.0451. The fourth-order valence-corrected chi connectivity index (χ4v) is 1.91. The van der Waals surface area contributed by atoms with Gasteiger partial charge in [-0.05, 0) is 30.9 Å². The van der Waals surface area contributed by atoms with Crippen molar-refractivity contribution in [2.45, 2.75) is 18.7 Å². The Kier molecular flexibility index (Phi) is 6.01. The van der Waals surface area contributed by atoms with E-state index in [-0.39, 0.29) is 18.7 Å². The van der Waals surface area contributed by atoms with Gasteiger partial charge in [-0.2, -0.15) is 11.8 Å². The van der Waals surface area contributed by atoms with Crippen molar-refractivity contribution < 1.29 is 9.90 Å². The molecule has 0 spiro atoms. The number of amides is 2. The molecule has 1 unspecified atom stereocenters. The smallest absolute Gasteiger partial charge is 0.321 e. The topological polar surface area (TPSA) is 52.6 Å². The molecule has 0 aliphatic heterocycles. The van der Waals surface area contributed by atoms with Gasteiger partial charge in [0, 0.05) is 18.5 Å². The van der Waals surface area contributed by atoms with E-state index in [1.807, 2.05) is 24.3 Å². The third-order valence-corrected chi connectivity index (χ3v) is 3.38. The monoisotopic (exact) mass is 268 g/mol. The molecule has 0 aliphatic carbocycles. The molecule has 2 N–H and O–H groups in total. The molecule has 1 atom stereocenters. The molecular weight excluding hydrogens is 248 g/mol. The Morgan fingerprint density at radius 3 is 2.56 bits per heavy atom. The predicted molar refractivity (Wildman–Crippen MR) is 77.0 cm³/mol. The number of aliphatic hydroxyl groups is 1. The number of carbonyl (C=O) groups excluding carboxylic acids is 1. The van der Waals surface area contributed by atoms with Crippen molar-refractivity contribution in [1.82, 2.24) is 4.90 Å². The van der Waals surface area contributed by atoms with E-state index in [1.165, 1.54) is 10.5 Å². The minimum atomic E-state index is -0.214. The quantitative estimate of drug-likeness (QED) is 0.862. The number of anilines is 1. The molecule has 5 heteroatoms. The number of urea groups is 1. The zero-order valence-corrected chi connectivity index (χ0v) is 11.8. The first-order valence-electron chi connectivity index (χ1n) is 5.81. The van der Waals surface area contributed by atoms with Crippen LogP contribution in [0.15, 0.2) is 24.3 Å². The van der Waals surface area contributed by atoms with E-state index in [9.17, 15) is 4.79 Å². The number of hydrogen-bond donors (Lipinski definition) is 2. The fourth-order valence-electron chi connectivity index (χ4n) is 1.39. The highest BCUT2D eigenvalue weighted by Crippen LogP contribution is 2.14. The molecule has 0 saturated carbocycles. The average molecular weight is 268 g/mol. The lowest BCUT2D eigenvalue weighted by molar-refractivity contribution is 0.166. The Labute approximate surface area is 112 Å². The van der Waals surface area contributed by atoms with E-state index in [4.69, 9.17) is 5.11 Å². The Morgan fingerprint density at radius 2 is 2.06 bits per heavy atom. The summed E-state index contributed by atoms with van der Waals surface area (Å²) in [6.45, 7) is 1.75. The number of rotatable bonds is 5. The van der Waals surface area contributed by atoms with Crippen LogP contribution in [0.4, 0.5) is 10.5 Å². The summed E-state index contributed by atoms with van der Waals surface area (Å²) in [5.74, 6) is 0.968. The third-order valence-electron chi connectivity index (χ3n) is 2.76. The fraction of sp³-hybridized carbons (Fsp3) is 0.462. The van der Waals surface area contributed by atoms with Crippen LogP contribution in [0.25, 0.3) is 0 Å². The highest BCUT2D eigenvalue weighted by molar-refractivity contribution is 7.97. The van der Waals surface area contributed by atoms with E-state index in [2.05, 4.69) is 11.6 Å². The number of benzene rings is 1. The van der Waals surface area contributed by atoms with E-state index in [0.717, 1.165) is 11.4 Å². The molecule has 0 aliphatic rings. The summed E-state index contributed by atoms with van der Waals surface area (Å²) in [7, 11) is 1.66. The summed E-state index contributed by atoms with van der Waals surface area (Å²) in [6, 6.07) is 7.38. The van der Waals surface area contributed by atoms with Crippen molar-refractivity contribution in [1.29, 1.82) is 0 Å². The van der Waals surface area contributed by atoms with Gasteiger partial charge < -0.3 is 15.3 Å². The molecule has 2 amide bonds. The summed E-state index contributed by atoms with van der Waals surface area (Å²) < 4.78 is 0. The van der Waals surface area contributed by atoms with Crippen LogP contribution in [0.1, 0.15) is 12.5 Å². The largest absolute Gasteiger partial charge is 0.394 e. The van der Waals surface area contributed by atoms with Gasteiger partial charge in [-0.3, -0.25) is 0 Å². The van der Waals surface area contributed by atoms with Crippen LogP contribution >= 0.6 is 11.8 Å². The summed E-state index contributed by atoms with van der Waals surface area (Å²) in [6.07, 6.45) is 2.06. The summed E-state index contributed by atoms with van der Waals surface area (Å²) in [5.41, 5.74) is 2.00. The summed E-state index contributed by atoms with van der Waals surface area (Å²) in [4.78, 5) is 13.3. The Hall–Kier alpha value is -1.20. The Bertz CT molecular complexity index is 381. The molecule has 1 aromatic rings. The SMILES string of the molecule is CSCc1ccc(NC(=O)N(C)C(C)CO)cc1. The van der Waals surface area contributed by atoms with Gasteiger partial charge >= 0.3 is 6.03 Å². The van der Waals surface area contributed by atoms with E-state index < -0.39 is 0 Å². The second-order valence-corrected chi connectivity index (χ2v) is 5.07. The highest BCUT2D eigenvalue weighted by atomic mass is 32.2. The van der Waals surface area contributed by atoms with Gasteiger partial charge in [0.05, 0.1) is 12.6 Å². The molecular formula is C13H20N2O2S. The van der Waals surface area contributed by atoms with E-state index in [0.29, 0.717) is 0 Å². The predicted octanol–water partition coefficient (Wildman–Crippen LogP) is 2.39. The van der Waals surface area contributed by atoms with Crippen LogP contribution in [0, 0.1) is 0 Å². The van der Waals surface area contributed by atoms with Gasteiger partial charge in [-0.1, -0.05) is 12.1 Å². The van der Waals surface area contributed by atoms with Crippen molar-refractivity contribution in [3.05, 3.63) is 29.8 Å². The first-order chi connectivity index (χ1) is 8.58. The van der Waals surface area contributed by atoms with Crippen molar-refractivity contribution in [2.75, 3.05) is 25.2 Å². The summed E-state index contributed by atoms with van der Waals surface area (Å²) >= 11 is 1.76. The number of nitrogens with zero attached hydrogens (tertiary/aromatic N) is 1. The lowest BCUT2D eigenvalue weighted by Gasteiger charge is -2.23. The highest BCUT2D eigenvalue weighted by Gasteiger charge is 2.14. The minimum Gasteiger partial charge on any atom is -0.394 e. The molecule has 0 saturated heterocycles. The van der Waals surface area contributed by atoms with Gasteiger partial charge in [0.25, 0.3) is 0 Å². The van der Waals surface area contributed by atoms with Crippen LogP contribution in [-0.4, -0.2) is 42.0 Å². The molecule has 100 valence electrons. The van der Waals surface area contributed by atoms with Crippen molar-refractivity contribution in [3.63, 3.8) is 0 Å². The normalized spacial score (nSPS) is 12.0. The van der Waals surface area contributed by atoms with E-state index >= 15 is 0 Å². The standard InChI is InChI=1S/C13H20N2O2S/c1-10(8-16)15(2)13(17)14-12-6-4-11(5-7-12)9-18-3/h4-7,10,16H,8-9H2,1-3H3,(H,14,17). The van der Waals surface area contributed by atoms with Crippen molar-refractivity contribution in [3.8, 4) is 0 Å². The number of aliphatic hydroxyl groups excluding tert-OH is 1. The van der Waals surface area contributed by atoms with Crippen molar-refractivity contribution in [2.24, 2.45) is 0 Å². The maximum absolute atomic E-state index is 11.8. The first-order valence-corrected chi connectivity index (χ1v) is 7.20. The van der Waals surface area contributed by atoms with E-state index in [1.54, 1.807) is 25.7 Å². The molecule has 0 aromatic heterocycles. The first kappa shape index (κ1) is 14.9. The molecule has 18 heavy (non-hydrogen) atoms. The Balaban J connectivity index is 2.59. The van der Waals surface area contributed by atoms with Crippen LogP contribution in [0.5, 0.6) is 0 Å². The van der Waals surface area contributed by atoms with Gasteiger partial charge in [-0.25, -0.2) is 4.79 Å². The number of hydrogen-bond acceptors (Lipinski definition) is 3. The maximum atomic E-state index is 11.8. The van der Waals surface area contributed by atoms with Gasteiger partial charge in [0.2, 0.25) is 0 Å². The van der Waals surface area contributed by atoms with Crippen molar-refractivity contribution >= 4 is 23.5 Å². The molecule has 0 bridgehead atoms. The molecule has 0 radical (unpaired) electrons. The lowest BCUT2D eigenvalue weighted by atomic mass is 10.2. The molecule has 1 rings (SSSR count). The molecule has 0 heterocycles. The third kappa shape index (κ3) is 4.23. The molecule has 4 nitrogen and oxygen atoms in total. The van der Waals surface area contributed by atoms with Crippen LogP contribution < -0.4 is 5.32 Å². The number of carbonyl (C=O) groups is 1. The average Bonchev–Trinajstić information content (AvgIpc) is 2.39. The molecule has 0 fully saturated rings. The zero-order valence-electron chi connectivity index (χ0n) is 11.0. The van der Waals surface area contributed by atoms with Gasteiger partial charge in [0.1, 0.15) is 0 Å². The maximum Gasteiger partial charge on any atom is 0.321 e. The Morgan fingerprint density at radius 1 is 1.44 bits per heavy atom. The van der Waals surface area contributed by atoms with Crippen LogP contribution in [-0.2, 0) is 5.75 Å². The zero-order chi connectivity index (χ0) is 13.5. The second kappa shape index (κ2) is 7.28. The second-order valence-electron chi connectivity index (χ2n) is 4.20. The number of thioether (sulfide) groups is 1. The summed E-state index contributed by atoms with van der Waals surface area (Å²) in [5, 5.41) is 11.8.